The highest BCUT2D eigenvalue weighted by Crippen LogP contribution is 2.05. The Balaban J connectivity index is 4.10. The minimum atomic E-state index is -3.19. The van der Waals surface area contributed by atoms with Crippen molar-refractivity contribution in [1.29, 1.82) is 0 Å². The fraction of sp³-hybridized carbons (Fsp3) is 0.923. The summed E-state index contributed by atoms with van der Waals surface area (Å²) >= 11 is 0. The molecule has 0 aromatic carbocycles. The Labute approximate surface area is 117 Å². The summed E-state index contributed by atoms with van der Waals surface area (Å²) < 4.78 is 24.6. The third-order valence-electron chi connectivity index (χ3n) is 2.87. The van der Waals surface area contributed by atoms with Gasteiger partial charge in [0.2, 0.25) is 15.9 Å². The normalized spacial score (nSPS) is 12.1. The van der Waals surface area contributed by atoms with Gasteiger partial charge in [-0.25, -0.2) is 12.7 Å². The smallest absolute Gasteiger partial charge is 0.220 e. The van der Waals surface area contributed by atoms with E-state index in [0.717, 1.165) is 19.3 Å². The molecular weight excluding hydrogens is 264 g/mol. The van der Waals surface area contributed by atoms with Crippen molar-refractivity contribution in [2.75, 3.05) is 25.9 Å². The van der Waals surface area contributed by atoms with E-state index in [9.17, 15) is 13.2 Å². The van der Waals surface area contributed by atoms with Crippen molar-refractivity contribution >= 4 is 15.9 Å². The van der Waals surface area contributed by atoms with E-state index in [4.69, 9.17) is 0 Å². The number of amides is 1. The lowest BCUT2D eigenvalue weighted by Crippen LogP contribution is -2.38. The zero-order valence-electron chi connectivity index (χ0n) is 12.6. The van der Waals surface area contributed by atoms with E-state index in [1.165, 1.54) is 10.6 Å². The standard InChI is InChI=1S/C13H28N2O3S/c1-5-6-7-13(16)14-9-11-15(19(4,17)18)10-8-12(2)3/h12H,5-11H2,1-4H3,(H,14,16). The van der Waals surface area contributed by atoms with Crippen molar-refractivity contribution < 1.29 is 13.2 Å². The van der Waals surface area contributed by atoms with Crippen LogP contribution in [0.15, 0.2) is 0 Å². The Hall–Kier alpha value is -0.620. The van der Waals surface area contributed by atoms with Gasteiger partial charge in [-0.3, -0.25) is 4.79 Å². The van der Waals surface area contributed by atoms with Crippen LogP contribution in [-0.2, 0) is 14.8 Å². The molecule has 5 nitrogen and oxygen atoms in total. The van der Waals surface area contributed by atoms with Crippen molar-refractivity contribution in [2.45, 2.75) is 46.5 Å². The summed E-state index contributed by atoms with van der Waals surface area (Å²) in [6, 6.07) is 0. The number of carbonyl (C=O) groups excluding carboxylic acids is 1. The molecule has 0 unspecified atom stereocenters. The van der Waals surface area contributed by atoms with Crippen LogP contribution in [0, 0.1) is 5.92 Å². The minimum absolute atomic E-state index is 0.000777. The van der Waals surface area contributed by atoms with Crippen LogP contribution in [0.2, 0.25) is 0 Å². The quantitative estimate of drug-likeness (QED) is 0.665. The molecule has 0 bridgehead atoms. The van der Waals surface area contributed by atoms with Crippen molar-refractivity contribution in [2.24, 2.45) is 5.92 Å². The molecule has 0 aliphatic rings. The lowest BCUT2D eigenvalue weighted by molar-refractivity contribution is -0.121. The van der Waals surface area contributed by atoms with Gasteiger partial charge in [0.25, 0.3) is 0 Å². The van der Waals surface area contributed by atoms with Gasteiger partial charge in [0, 0.05) is 26.1 Å². The van der Waals surface area contributed by atoms with Crippen molar-refractivity contribution in [1.82, 2.24) is 9.62 Å². The van der Waals surface area contributed by atoms with Gasteiger partial charge in [0.05, 0.1) is 6.26 Å². The van der Waals surface area contributed by atoms with Gasteiger partial charge in [-0.2, -0.15) is 0 Å². The Bertz CT molecular complexity index is 353. The summed E-state index contributed by atoms with van der Waals surface area (Å²) in [4.78, 5) is 11.4. The van der Waals surface area contributed by atoms with Crippen LogP contribution >= 0.6 is 0 Å². The summed E-state index contributed by atoms with van der Waals surface area (Å²) in [5.41, 5.74) is 0. The van der Waals surface area contributed by atoms with E-state index in [-0.39, 0.29) is 5.91 Å². The maximum Gasteiger partial charge on any atom is 0.220 e. The summed E-state index contributed by atoms with van der Waals surface area (Å²) in [6.07, 6.45) is 4.41. The molecule has 0 fully saturated rings. The molecule has 1 N–H and O–H groups in total. The predicted molar refractivity (Wildman–Crippen MR) is 78.4 cm³/mol. The van der Waals surface area contributed by atoms with Gasteiger partial charge < -0.3 is 5.32 Å². The SMILES string of the molecule is CCCCC(=O)NCCN(CCC(C)C)S(C)(=O)=O. The Kier molecular flexibility index (Phi) is 9.01. The molecule has 0 heterocycles. The van der Waals surface area contributed by atoms with Crippen LogP contribution in [0.25, 0.3) is 0 Å². The number of unbranched alkanes of at least 4 members (excludes halogenated alkanes) is 1. The van der Waals surface area contributed by atoms with E-state index in [1.807, 2.05) is 6.92 Å². The number of rotatable bonds is 10. The first kappa shape index (κ1) is 18.4. The molecule has 0 aliphatic carbocycles. The van der Waals surface area contributed by atoms with Crippen LogP contribution in [0.5, 0.6) is 0 Å². The number of sulfonamides is 1. The second-order valence-corrected chi connectivity index (χ2v) is 7.28. The Morgan fingerprint density at radius 3 is 2.37 bits per heavy atom. The van der Waals surface area contributed by atoms with Gasteiger partial charge >= 0.3 is 0 Å². The molecular formula is C13H28N2O3S. The molecule has 1 amide bonds. The molecule has 19 heavy (non-hydrogen) atoms. The predicted octanol–water partition coefficient (Wildman–Crippen LogP) is 1.60. The first-order valence-electron chi connectivity index (χ1n) is 6.99. The zero-order valence-corrected chi connectivity index (χ0v) is 13.4. The maximum atomic E-state index is 11.6. The average molecular weight is 292 g/mol. The van der Waals surface area contributed by atoms with E-state index in [2.05, 4.69) is 19.2 Å². The van der Waals surface area contributed by atoms with E-state index >= 15 is 0 Å². The fourth-order valence-electron chi connectivity index (χ4n) is 1.59. The lowest BCUT2D eigenvalue weighted by atomic mass is 10.1. The van der Waals surface area contributed by atoms with Crippen LogP contribution < -0.4 is 5.32 Å². The number of nitrogens with one attached hydrogen (secondary N) is 1. The third kappa shape index (κ3) is 9.90. The van der Waals surface area contributed by atoms with Gasteiger partial charge in [0.15, 0.2) is 0 Å². The maximum absolute atomic E-state index is 11.6. The molecule has 0 saturated heterocycles. The first-order chi connectivity index (χ1) is 8.77. The molecule has 0 aliphatic heterocycles. The van der Waals surface area contributed by atoms with Crippen molar-refractivity contribution in [3.8, 4) is 0 Å². The van der Waals surface area contributed by atoms with Crippen LogP contribution in [0.4, 0.5) is 0 Å². The highest BCUT2D eigenvalue weighted by atomic mass is 32.2. The largest absolute Gasteiger partial charge is 0.355 e. The van der Waals surface area contributed by atoms with Crippen molar-refractivity contribution in [3.63, 3.8) is 0 Å². The molecule has 6 heteroatoms. The molecule has 0 aromatic heterocycles. The molecule has 0 saturated carbocycles. The molecule has 0 atom stereocenters. The topological polar surface area (TPSA) is 66.5 Å². The highest BCUT2D eigenvalue weighted by Gasteiger charge is 2.16. The van der Waals surface area contributed by atoms with Gasteiger partial charge in [-0.05, 0) is 18.8 Å². The van der Waals surface area contributed by atoms with E-state index < -0.39 is 10.0 Å². The molecule has 114 valence electrons. The number of nitrogens with zero attached hydrogens (tertiary/aromatic N) is 1. The summed E-state index contributed by atoms with van der Waals surface area (Å²) in [6.45, 7) is 7.41. The van der Waals surface area contributed by atoms with Gasteiger partial charge in [-0.15, -0.1) is 0 Å². The van der Waals surface area contributed by atoms with Gasteiger partial charge in [-0.1, -0.05) is 27.2 Å². The Morgan fingerprint density at radius 2 is 1.89 bits per heavy atom. The van der Waals surface area contributed by atoms with Crippen LogP contribution in [0.3, 0.4) is 0 Å². The summed E-state index contributed by atoms with van der Waals surface area (Å²) in [5.74, 6) is 0.461. The van der Waals surface area contributed by atoms with Gasteiger partial charge in [0.1, 0.15) is 0 Å². The number of carbonyl (C=O) groups is 1. The van der Waals surface area contributed by atoms with Crippen molar-refractivity contribution in [3.05, 3.63) is 0 Å². The first-order valence-corrected chi connectivity index (χ1v) is 8.84. The van der Waals surface area contributed by atoms with E-state index in [0.29, 0.717) is 32.0 Å². The molecule has 0 rings (SSSR count). The number of hydrogen-bond donors (Lipinski definition) is 1. The fourth-order valence-corrected chi connectivity index (χ4v) is 2.45. The molecule has 0 aromatic rings. The minimum Gasteiger partial charge on any atom is -0.355 e. The zero-order chi connectivity index (χ0) is 14.9. The molecule has 0 spiro atoms. The van der Waals surface area contributed by atoms with Crippen LogP contribution in [-0.4, -0.2) is 44.5 Å². The third-order valence-corrected chi connectivity index (χ3v) is 4.17. The average Bonchev–Trinajstić information content (AvgIpc) is 2.28. The second-order valence-electron chi connectivity index (χ2n) is 5.30. The monoisotopic (exact) mass is 292 g/mol. The lowest BCUT2D eigenvalue weighted by Gasteiger charge is -2.21. The van der Waals surface area contributed by atoms with E-state index in [1.54, 1.807) is 0 Å². The second kappa shape index (κ2) is 9.31. The number of hydrogen-bond acceptors (Lipinski definition) is 3. The summed E-state index contributed by atoms with van der Waals surface area (Å²) in [7, 11) is -3.19. The Morgan fingerprint density at radius 1 is 1.26 bits per heavy atom. The van der Waals surface area contributed by atoms with Crippen LogP contribution in [0.1, 0.15) is 46.5 Å². The summed E-state index contributed by atoms with van der Waals surface area (Å²) in [5, 5.41) is 2.76. The molecule has 0 radical (unpaired) electrons. The highest BCUT2D eigenvalue weighted by molar-refractivity contribution is 7.88.